The highest BCUT2D eigenvalue weighted by molar-refractivity contribution is 6.33. The highest BCUT2D eigenvalue weighted by Gasteiger charge is 2.31. The molecule has 0 spiro atoms. The van der Waals surface area contributed by atoms with Crippen molar-refractivity contribution in [3.05, 3.63) is 38.9 Å². The Labute approximate surface area is 189 Å². The number of rotatable bonds is 4. The van der Waals surface area contributed by atoms with Gasteiger partial charge in [-0.15, -0.1) is 0 Å². The molecular formula is C20H25ClN6O5. The zero-order chi connectivity index (χ0) is 22.8. The molecule has 2 aliphatic heterocycles. The van der Waals surface area contributed by atoms with Crippen LogP contribution in [0.2, 0.25) is 5.02 Å². The van der Waals surface area contributed by atoms with Gasteiger partial charge in [-0.2, -0.15) is 5.10 Å². The number of aromatic amines is 1. The number of anilines is 1. The predicted octanol–water partition coefficient (Wildman–Crippen LogP) is 1.64. The van der Waals surface area contributed by atoms with Gasteiger partial charge in [0.15, 0.2) is 5.89 Å². The minimum Gasteiger partial charge on any atom is -0.444 e. The van der Waals surface area contributed by atoms with Crippen molar-refractivity contribution >= 4 is 29.3 Å². The van der Waals surface area contributed by atoms with Crippen LogP contribution in [0.25, 0.3) is 0 Å². The molecule has 2 saturated heterocycles. The Bertz CT molecular complexity index is 1060. The summed E-state index contributed by atoms with van der Waals surface area (Å²) in [6.07, 6.45) is 2.56. The number of nitrogens with zero attached hydrogens (tertiary/aromatic N) is 4. The first-order valence-electron chi connectivity index (χ1n) is 10.5. The van der Waals surface area contributed by atoms with Crippen LogP contribution in [0.15, 0.2) is 15.4 Å². The first-order valence-corrected chi connectivity index (χ1v) is 10.9. The summed E-state index contributed by atoms with van der Waals surface area (Å²) in [5.41, 5.74) is 0.653. The Balaban J connectivity index is 1.23. The van der Waals surface area contributed by atoms with Crippen molar-refractivity contribution < 1.29 is 18.7 Å². The largest absolute Gasteiger partial charge is 0.444 e. The van der Waals surface area contributed by atoms with E-state index in [0.29, 0.717) is 62.7 Å². The molecule has 2 aromatic rings. The number of hydrogen-bond donors (Lipinski definition) is 2. The number of amides is 2. The number of H-pyrrole nitrogens is 1. The smallest absolute Gasteiger partial charge is 0.407 e. The van der Waals surface area contributed by atoms with Gasteiger partial charge in [0, 0.05) is 39.0 Å². The molecule has 32 heavy (non-hydrogen) atoms. The van der Waals surface area contributed by atoms with Crippen LogP contribution in [0, 0.1) is 13.8 Å². The summed E-state index contributed by atoms with van der Waals surface area (Å²) in [5, 5.41) is 9.02. The van der Waals surface area contributed by atoms with E-state index in [1.54, 1.807) is 18.7 Å². The van der Waals surface area contributed by atoms with Gasteiger partial charge in [0.2, 0.25) is 5.76 Å². The SMILES string of the molecule is Cc1nc(C)c(C(=O)N2CCC(NC(=O)O[C@@H]3CCN(c4cn[nH]c(=O)c4Cl)C3)CC2)o1. The zero-order valence-electron chi connectivity index (χ0n) is 17.9. The summed E-state index contributed by atoms with van der Waals surface area (Å²) in [7, 11) is 0. The highest BCUT2D eigenvalue weighted by Crippen LogP contribution is 2.26. The fourth-order valence-electron chi connectivity index (χ4n) is 4.09. The van der Waals surface area contributed by atoms with Gasteiger partial charge in [-0.05, 0) is 19.8 Å². The Hall–Kier alpha value is -3.08. The molecule has 4 rings (SSSR count). The molecule has 0 aromatic carbocycles. The molecule has 2 aromatic heterocycles. The van der Waals surface area contributed by atoms with Gasteiger partial charge in [0.05, 0.1) is 24.1 Å². The van der Waals surface area contributed by atoms with E-state index in [4.69, 9.17) is 20.8 Å². The van der Waals surface area contributed by atoms with Crippen molar-refractivity contribution in [1.29, 1.82) is 0 Å². The van der Waals surface area contributed by atoms with Crippen LogP contribution in [-0.4, -0.2) is 70.4 Å². The molecule has 0 saturated carbocycles. The standard InChI is InChI=1S/C20H25ClN6O5/c1-11-17(31-12(2)23-11)19(29)26-6-3-13(4-7-26)24-20(30)32-14-5-8-27(10-14)15-9-22-25-18(28)16(15)21/h9,13-14H,3-8,10H2,1-2H3,(H,24,30)(H,25,28)/t14-/m1/s1. The molecule has 0 bridgehead atoms. The van der Waals surface area contributed by atoms with E-state index in [-0.39, 0.29) is 28.8 Å². The Kier molecular flexibility index (Phi) is 6.35. The number of ether oxygens (including phenoxy) is 1. The molecule has 12 heteroatoms. The van der Waals surface area contributed by atoms with Gasteiger partial charge in [-0.25, -0.2) is 14.9 Å². The molecule has 0 unspecified atom stereocenters. The molecule has 11 nitrogen and oxygen atoms in total. The van der Waals surface area contributed by atoms with E-state index in [1.165, 1.54) is 6.20 Å². The average Bonchev–Trinajstić information content (AvgIpc) is 3.35. The molecular weight excluding hydrogens is 440 g/mol. The number of hydrogen-bond acceptors (Lipinski definition) is 8. The van der Waals surface area contributed by atoms with Crippen LogP contribution in [0.4, 0.5) is 10.5 Å². The van der Waals surface area contributed by atoms with Crippen molar-refractivity contribution in [3.8, 4) is 0 Å². The normalized spacial score (nSPS) is 19.3. The van der Waals surface area contributed by atoms with Crippen LogP contribution in [0.3, 0.4) is 0 Å². The first kappa shape index (κ1) is 22.1. The van der Waals surface area contributed by atoms with Gasteiger partial charge in [0.25, 0.3) is 11.5 Å². The molecule has 0 radical (unpaired) electrons. The zero-order valence-corrected chi connectivity index (χ0v) is 18.6. The van der Waals surface area contributed by atoms with Crippen molar-refractivity contribution in [2.45, 2.75) is 45.3 Å². The van der Waals surface area contributed by atoms with E-state index in [1.807, 2.05) is 4.90 Å². The van der Waals surface area contributed by atoms with Gasteiger partial charge in [0.1, 0.15) is 11.1 Å². The lowest BCUT2D eigenvalue weighted by Crippen LogP contribution is -2.47. The van der Waals surface area contributed by atoms with E-state index in [9.17, 15) is 14.4 Å². The number of alkyl carbamates (subject to hydrolysis) is 1. The summed E-state index contributed by atoms with van der Waals surface area (Å²) < 4.78 is 11.0. The fourth-order valence-corrected chi connectivity index (χ4v) is 4.30. The number of likely N-dealkylation sites (tertiary alicyclic amines) is 1. The third kappa shape index (κ3) is 4.72. The number of aromatic nitrogens is 3. The van der Waals surface area contributed by atoms with E-state index >= 15 is 0 Å². The number of oxazole rings is 1. The second kappa shape index (κ2) is 9.19. The van der Waals surface area contributed by atoms with Gasteiger partial charge < -0.3 is 24.3 Å². The van der Waals surface area contributed by atoms with Crippen molar-refractivity contribution in [2.75, 3.05) is 31.1 Å². The molecule has 2 N–H and O–H groups in total. The van der Waals surface area contributed by atoms with Crippen LogP contribution in [-0.2, 0) is 4.74 Å². The monoisotopic (exact) mass is 464 g/mol. The molecule has 2 aliphatic rings. The second-order valence-corrected chi connectivity index (χ2v) is 8.40. The van der Waals surface area contributed by atoms with Crippen LogP contribution < -0.4 is 15.8 Å². The van der Waals surface area contributed by atoms with Crippen molar-refractivity contribution in [1.82, 2.24) is 25.4 Å². The average molecular weight is 465 g/mol. The van der Waals surface area contributed by atoms with Crippen LogP contribution in [0.1, 0.15) is 41.4 Å². The number of carbonyl (C=O) groups excluding carboxylic acids is 2. The molecule has 2 fully saturated rings. The minimum atomic E-state index is -0.488. The summed E-state index contributed by atoms with van der Waals surface area (Å²) in [6, 6.07) is -0.0760. The number of aryl methyl sites for hydroxylation is 2. The summed E-state index contributed by atoms with van der Waals surface area (Å²) in [4.78, 5) is 44.4. The number of carbonyl (C=O) groups is 2. The van der Waals surface area contributed by atoms with Crippen LogP contribution >= 0.6 is 11.6 Å². The van der Waals surface area contributed by atoms with Crippen molar-refractivity contribution in [2.24, 2.45) is 0 Å². The lowest BCUT2D eigenvalue weighted by atomic mass is 10.0. The Morgan fingerprint density at radius 3 is 2.69 bits per heavy atom. The van der Waals surface area contributed by atoms with Gasteiger partial charge in [-0.3, -0.25) is 9.59 Å². The fraction of sp³-hybridized carbons (Fsp3) is 0.550. The lowest BCUT2D eigenvalue weighted by Gasteiger charge is -2.31. The maximum atomic E-state index is 12.6. The number of halogens is 1. The quantitative estimate of drug-likeness (QED) is 0.697. The molecule has 1 atom stereocenters. The third-order valence-corrected chi connectivity index (χ3v) is 6.10. The Morgan fingerprint density at radius 2 is 2.00 bits per heavy atom. The minimum absolute atomic E-state index is 0.0714. The summed E-state index contributed by atoms with van der Waals surface area (Å²) in [5.74, 6) is 0.561. The van der Waals surface area contributed by atoms with Crippen LogP contribution in [0.5, 0.6) is 0 Å². The maximum Gasteiger partial charge on any atom is 0.407 e. The maximum absolute atomic E-state index is 12.6. The third-order valence-electron chi connectivity index (χ3n) is 5.74. The Morgan fingerprint density at radius 1 is 1.25 bits per heavy atom. The van der Waals surface area contributed by atoms with E-state index < -0.39 is 11.7 Å². The van der Waals surface area contributed by atoms with Crippen molar-refractivity contribution in [3.63, 3.8) is 0 Å². The predicted molar refractivity (Wildman–Crippen MR) is 115 cm³/mol. The van der Waals surface area contributed by atoms with E-state index in [2.05, 4.69) is 20.5 Å². The highest BCUT2D eigenvalue weighted by atomic mass is 35.5. The molecule has 172 valence electrons. The lowest BCUT2D eigenvalue weighted by molar-refractivity contribution is 0.0660. The van der Waals surface area contributed by atoms with Gasteiger partial charge >= 0.3 is 6.09 Å². The second-order valence-electron chi connectivity index (χ2n) is 8.02. The first-order chi connectivity index (χ1) is 15.3. The van der Waals surface area contributed by atoms with E-state index in [0.717, 1.165) is 0 Å². The molecule has 0 aliphatic carbocycles. The summed E-state index contributed by atoms with van der Waals surface area (Å²) in [6.45, 7) is 5.51. The summed E-state index contributed by atoms with van der Waals surface area (Å²) >= 11 is 6.06. The number of nitrogens with one attached hydrogen (secondary N) is 2. The topological polar surface area (TPSA) is 134 Å². The number of piperidine rings is 1. The van der Waals surface area contributed by atoms with Gasteiger partial charge in [-0.1, -0.05) is 11.6 Å². The molecule has 4 heterocycles. The molecule has 2 amide bonds.